The molecule has 0 spiro atoms. The first kappa shape index (κ1) is 16.0. The van der Waals surface area contributed by atoms with Crippen LogP contribution in [-0.4, -0.2) is 14.2 Å². The second kappa shape index (κ2) is 7.06. The Hall–Kier alpha value is -1.37. The van der Waals surface area contributed by atoms with Gasteiger partial charge in [0.25, 0.3) is 0 Å². The Balaban J connectivity index is 1.95. The lowest BCUT2D eigenvalue weighted by Gasteiger charge is -2.14. The van der Waals surface area contributed by atoms with E-state index in [1.807, 2.05) is 12.1 Å². The largest absolute Gasteiger partial charge is 0.306 e. The number of anilines is 1. The molecule has 0 bridgehead atoms. The third-order valence-corrected chi connectivity index (χ3v) is 5.30. The molecule has 1 aromatic heterocycles. The van der Waals surface area contributed by atoms with E-state index in [-0.39, 0.29) is 11.8 Å². The molecule has 0 fully saturated rings. The minimum atomic E-state index is -3.21. The fourth-order valence-corrected chi connectivity index (χ4v) is 3.18. The van der Waals surface area contributed by atoms with Crippen LogP contribution in [0.4, 0.5) is 5.69 Å². The number of hydrogen-bond acceptors (Lipinski definition) is 4. The van der Waals surface area contributed by atoms with Crippen molar-refractivity contribution in [2.24, 2.45) is 0 Å². The van der Waals surface area contributed by atoms with Crippen LogP contribution in [0.5, 0.6) is 0 Å². The summed E-state index contributed by atoms with van der Waals surface area (Å²) in [5.74, 6) is 0.0767. The van der Waals surface area contributed by atoms with Crippen molar-refractivity contribution in [2.75, 3.05) is 10.5 Å². The Labute approximate surface area is 130 Å². The van der Waals surface area contributed by atoms with Crippen LogP contribution in [0.25, 0.3) is 0 Å². The SMILES string of the molecule is CCS(=O)(=O)Nc1ccc([C@@H](C)NCc2ccsc2)cc1. The van der Waals surface area contributed by atoms with Gasteiger partial charge in [0.1, 0.15) is 0 Å². The summed E-state index contributed by atoms with van der Waals surface area (Å²) in [6, 6.07) is 9.79. The van der Waals surface area contributed by atoms with Gasteiger partial charge in [0.2, 0.25) is 10.0 Å². The zero-order valence-corrected chi connectivity index (χ0v) is 13.8. The Morgan fingerprint density at radius 1 is 1.19 bits per heavy atom. The van der Waals surface area contributed by atoms with Gasteiger partial charge in [-0.15, -0.1) is 0 Å². The first-order chi connectivity index (χ1) is 10.00. The van der Waals surface area contributed by atoms with E-state index in [0.717, 1.165) is 12.1 Å². The predicted octanol–water partition coefficient (Wildman–Crippen LogP) is 3.36. The molecular formula is C15H20N2O2S2. The fraction of sp³-hybridized carbons (Fsp3) is 0.333. The van der Waals surface area contributed by atoms with Crippen LogP contribution in [0.3, 0.4) is 0 Å². The van der Waals surface area contributed by atoms with E-state index in [2.05, 4.69) is 33.8 Å². The second-order valence-electron chi connectivity index (χ2n) is 4.86. The smallest absolute Gasteiger partial charge is 0.232 e. The van der Waals surface area contributed by atoms with E-state index >= 15 is 0 Å². The van der Waals surface area contributed by atoms with E-state index in [0.29, 0.717) is 5.69 Å². The van der Waals surface area contributed by atoms with Gasteiger partial charge in [-0.25, -0.2) is 8.42 Å². The summed E-state index contributed by atoms with van der Waals surface area (Å²) >= 11 is 1.69. The summed E-state index contributed by atoms with van der Waals surface area (Å²) in [6.45, 7) is 4.54. The molecule has 0 saturated heterocycles. The number of benzene rings is 1. The summed E-state index contributed by atoms with van der Waals surface area (Å²) < 4.78 is 25.5. The molecule has 0 unspecified atom stereocenters. The van der Waals surface area contributed by atoms with Gasteiger partial charge in [-0.1, -0.05) is 12.1 Å². The molecule has 0 aliphatic heterocycles. The van der Waals surface area contributed by atoms with Gasteiger partial charge in [-0.2, -0.15) is 11.3 Å². The average Bonchev–Trinajstić information content (AvgIpc) is 2.98. The van der Waals surface area contributed by atoms with Gasteiger partial charge in [-0.05, 0) is 53.9 Å². The molecule has 0 amide bonds. The predicted molar refractivity (Wildman–Crippen MR) is 89.1 cm³/mol. The molecule has 2 aromatic rings. The van der Waals surface area contributed by atoms with Crippen LogP contribution in [0.1, 0.15) is 31.0 Å². The van der Waals surface area contributed by atoms with Gasteiger partial charge in [0.15, 0.2) is 0 Å². The van der Waals surface area contributed by atoms with Crippen molar-refractivity contribution in [1.29, 1.82) is 0 Å². The lowest BCUT2D eigenvalue weighted by atomic mass is 10.1. The molecule has 1 atom stereocenters. The van der Waals surface area contributed by atoms with Gasteiger partial charge >= 0.3 is 0 Å². The molecule has 0 saturated carbocycles. The Morgan fingerprint density at radius 2 is 1.90 bits per heavy atom. The Kier molecular flexibility index (Phi) is 5.39. The molecule has 6 heteroatoms. The number of nitrogens with one attached hydrogen (secondary N) is 2. The van der Waals surface area contributed by atoms with E-state index in [9.17, 15) is 8.42 Å². The summed E-state index contributed by atoms with van der Waals surface area (Å²) in [7, 11) is -3.21. The van der Waals surface area contributed by atoms with Crippen molar-refractivity contribution in [3.8, 4) is 0 Å². The lowest BCUT2D eigenvalue weighted by molar-refractivity contribution is 0.575. The zero-order valence-electron chi connectivity index (χ0n) is 12.2. The molecule has 1 aromatic carbocycles. The molecule has 0 aliphatic rings. The zero-order chi connectivity index (χ0) is 15.3. The molecule has 0 aliphatic carbocycles. The monoisotopic (exact) mass is 324 g/mol. The summed E-state index contributed by atoms with van der Waals surface area (Å²) in [4.78, 5) is 0. The molecule has 1 heterocycles. The van der Waals surface area contributed by atoms with Gasteiger partial charge < -0.3 is 5.32 Å². The third-order valence-electron chi connectivity index (χ3n) is 3.26. The first-order valence-corrected chi connectivity index (χ1v) is 9.44. The molecule has 2 rings (SSSR count). The molecule has 4 nitrogen and oxygen atoms in total. The summed E-state index contributed by atoms with van der Waals surface area (Å²) in [5.41, 5.74) is 3.01. The lowest BCUT2D eigenvalue weighted by Crippen LogP contribution is -2.18. The van der Waals surface area contributed by atoms with Gasteiger partial charge in [0, 0.05) is 18.3 Å². The van der Waals surface area contributed by atoms with Crippen molar-refractivity contribution in [3.63, 3.8) is 0 Å². The highest BCUT2D eigenvalue weighted by Gasteiger charge is 2.08. The average molecular weight is 324 g/mol. The minimum absolute atomic E-state index is 0.0767. The van der Waals surface area contributed by atoms with Crippen molar-refractivity contribution < 1.29 is 8.42 Å². The van der Waals surface area contributed by atoms with E-state index in [1.54, 1.807) is 30.4 Å². The maximum absolute atomic E-state index is 11.5. The van der Waals surface area contributed by atoms with Crippen LogP contribution in [-0.2, 0) is 16.6 Å². The number of hydrogen-bond donors (Lipinski definition) is 2. The molecule has 0 radical (unpaired) electrons. The molecule has 114 valence electrons. The van der Waals surface area contributed by atoms with Crippen molar-refractivity contribution in [1.82, 2.24) is 5.32 Å². The van der Waals surface area contributed by atoms with Crippen LogP contribution in [0.15, 0.2) is 41.1 Å². The van der Waals surface area contributed by atoms with Crippen molar-refractivity contribution in [3.05, 3.63) is 52.2 Å². The third kappa shape index (κ3) is 4.84. The highest BCUT2D eigenvalue weighted by atomic mass is 32.2. The van der Waals surface area contributed by atoms with Gasteiger partial charge in [-0.3, -0.25) is 4.72 Å². The topological polar surface area (TPSA) is 58.2 Å². The van der Waals surface area contributed by atoms with Crippen LogP contribution in [0.2, 0.25) is 0 Å². The Morgan fingerprint density at radius 3 is 2.48 bits per heavy atom. The van der Waals surface area contributed by atoms with E-state index in [1.165, 1.54) is 5.56 Å². The molecule has 21 heavy (non-hydrogen) atoms. The van der Waals surface area contributed by atoms with E-state index < -0.39 is 10.0 Å². The number of sulfonamides is 1. The van der Waals surface area contributed by atoms with Crippen LogP contribution >= 0.6 is 11.3 Å². The van der Waals surface area contributed by atoms with Crippen molar-refractivity contribution >= 4 is 27.0 Å². The highest BCUT2D eigenvalue weighted by molar-refractivity contribution is 7.92. The highest BCUT2D eigenvalue weighted by Crippen LogP contribution is 2.18. The standard InChI is InChI=1S/C15H20N2O2S2/c1-3-21(18,19)17-15-6-4-14(5-7-15)12(2)16-10-13-8-9-20-11-13/h4-9,11-12,16-17H,3,10H2,1-2H3/t12-/m1/s1. The summed E-state index contributed by atoms with van der Waals surface area (Å²) in [5, 5.41) is 7.64. The number of rotatable bonds is 7. The normalized spacial score (nSPS) is 13.0. The fourth-order valence-electron chi connectivity index (χ4n) is 1.87. The molecule has 2 N–H and O–H groups in total. The maximum Gasteiger partial charge on any atom is 0.232 e. The van der Waals surface area contributed by atoms with Crippen molar-refractivity contribution in [2.45, 2.75) is 26.4 Å². The maximum atomic E-state index is 11.5. The molecular weight excluding hydrogens is 304 g/mol. The quantitative estimate of drug-likeness (QED) is 0.821. The van der Waals surface area contributed by atoms with Crippen LogP contribution in [0, 0.1) is 0 Å². The van der Waals surface area contributed by atoms with Crippen LogP contribution < -0.4 is 10.0 Å². The number of thiophene rings is 1. The second-order valence-corrected chi connectivity index (χ2v) is 7.65. The first-order valence-electron chi connectivity index (χ1n) is 6.85. The summed E-state index contributed by atoms with van der Waals surface area (Å²) in [6.07, 6.45) is 0. The minimum Gasteiger partial charge on any atom is -0.306 e. The van der Waals surface area contributed by atoms with Gasteiger partial charge in [0.05, 0.1) is 5.75 Å². The Bertz CT molecular complexity index is 649. The van der Waals surface area contributed by atoms with E-state index in [4.69, 9.17) is 0 Å².